The maximum atomic E-state index is 5.76. The number of hydrogen-bond acceptors (Lipinski definition) is 4. The molecule has 2 rings (SSSR count). The zero-order chi connectivity index (χ0) is 13.7. The van der Waals surface area contributed by atoms with Gasteiger partial charge in [0.1, 0.15) is 0 Å². The molecule has 2 atom stereocenters. The van der Waals surface area contributed by atoms with E-state index in [1.54, 1.807) is 0 Å². The van der Waals surface area contributed by atoms with E-state index in [9.17, 15) is 0 Å². The smallest absolute Gasteiger partial charge is 0.224 e. The summed E-state index contributed by atoms with van der Waals surface area (Å²) in [6, 6.07) is 10.3. The molecule has 2 aromatic rings. The van der Waals surface area contributed by atoms with Gasteiger partial charge in [0.15, 0.2) is 0 Å². The largest absolute Gasteiger partial charge is 0.425 e. The van der Waals surface area contributed by atoms with Crippen molar-refractivity contribution in [1.82, 2.24) is 10.2 Å². The second kappa shape index (κ2) is 6.48. The van der Waals surface area contributed by atoms with E-state index in [0.29, 0.717) is 30.7 Å². The molecule has 2 unspecified atom stereocenters. The number of rotatable bonds is 6. The first-order valence-electron chi connectivity index (χ1n) is 6.83. The van der Waals surface area contributed by atoms with Gasteiger partial charge < -0.3 is 10.2 Å². The number of nitrogens with two attached hydrogens (primary N) is 1. The molecular weight excluding hydrogens is 238 g/mol. The lowest BCUT2D eigenvalue weighted by Gasteiger charge is -2.19. The maximum absolute atomic E-state index is 5.76. The van der Waals surface area contributed by atoms with Crippen molar-refractivity contribution in [2.45, 2.75) is 32.6 Å². The highest BCUT2D eigenvalue weighted by molar-refractivity contribution is 5.25. The summed E-state index contributed by atoms with van der Waals surface area (Å²) in [6.45, 7) is 4.92. The van der Waals surface area contributed by atoms with Gasteiger partial charge in [0.25, 0.3) is 0 Å². The van der Waals surface area contributed by atoms with Crippen molar-refractivity contribution in [2.75, 3.05) is 6.54 Å². The van der Waals surface area contributed by atoms with Gasteiger partial charge in [-0.25, -0.2) is 0 Å². The molecule has 4 heteroatoms. The average Bonchev–Trinajstić information content (AvgIpc) is 2.89. The van der Waals surface area contributed by atoms with Crippen molar-refractivity contribution in [3.8, 4) is 0 Å². The van der Waals surface area contributed by atoms with Crippen molar-refractivity contribution in [1.29, 1.82) is 0 Å². The summed E-state index contributed by atoms with van der Waals surface area (Å²) < 4.78 is 5.76. The van der Waals surface area contributed by atoms with E-state index in [4.69, 9.17) is 10.2 Å². The Kier molecular flexibility index (Phi) is 4.68. The highest BCUT2D eigenvalue weighted by atomic mass is 16.4. The molecule has 0 bridgehead atoms. The van der Waals surface area contributed by atoms with Gasteiger partial charge >= 0.3 is 0 Å². The van der Waals surface area contributed by atoms with Gasteiger partial charge in [-0.2, -0.15) is 0 Å². The molecule has 0 fully saturated rings. The molecule has 1 aromatic carbocycles. The molecule has 0 saturated heterocycles. The molecule has 1 aromatic heterocycles. The molecular formula is C15H21N3O. The van der Waals surface area contributed by atoms with Gasteiger partial charge in [-0.05, 0) is 11.5 Å². The fourth-order valence-corrected chi connectivity index (χ4v) is 2.23. The minimum Gasteiger partial charge on any atom is -0.425 e. The third-order valence-corrected chi connectivity index (χ3v) is 3.48. The summed E-state index contributed by atoms with van der Waals surface area (Å²) in [6.07, 6.45) is 1.70. The standard InChI is InChI=1S/C15H21N3O/c1-3-11(2)14(12-7-5-4-6-8-12)15-18-17-13(19-15)9-10-16/h4-8,11,14H,3,9-10,16H2,1-2H3. The fraction of sp³-hybridized carbons (Fsp3) is 0.467. The molecule has 0 radical (unpaired) electrons. The Morgan fingerprint density at radius 2 is 1.95 bits per heavy atom. The Morgan fingerprint density at radius 3 is 2.58 bits per heavy atom. The van der Waals surface area contributed by atoms with Crippen molar-refractivity contribution in [2.24, 2.45) is 11.7 Å². The Balaban J connectivity index is 2.32. The predicted molar refractivity (Wildman–Crippen MR) is 74.8 cm³/mol. The van der Waals surface area contributed by atoms with Crippen LogP contribution in [0, 0.1) is 5.92 Å². The van der Waals surface area contributed by atoms with Crippen molar-refractivity contribution in [3.63, 3.8) is 0 Å². The minimum absolute atomic E-state index is 0.158. The molecule has 4 nitrogen and oxygen atoms in total. The van der Waals surface area contributed by atoms with Gasteiger partial charge in [-0.3, -0.25) is 0 Å². The van der Waals surface area contributed by atoms with E-state index < -0.39 is 0 Å². The fourth-order valence-electron chi connectivity index (χ4n) is 2.23. The predicted octanol–water partition coefficient (Wildman–Crippen LogP) is 2.75. The molecule has 2 N–H and O–H groups in total. The first-order valence-corrected chi connectivity index (χ1v) is 6.83. The second-order valence-electron chi connectivity index (χ2n) is 4.85. The normalized spacial score (nSPS) is 14.3. The van der Waals surface area contributed by atoms with Crippen LogP contribution in [0.3, 0.4) is 0 Å². The van der Waals surface area contributed by atoms with Gasteiger partial charge in [0.05, 0.1) is 5.92 Å². The summed E-state index contributed by atoms with van der Waals surface area (Å²) in [4.78, 5) is 0. The van der Waals surface area contributed by atoms with Crippen molar-refractivity contribution in [3.05, 3.63) is 47.7 Å². The molecule has 0 aliphatic carbocycles. The van der Waals surface area contributed by atoms with Crippen LogP contribution in [0.1, 0.15) is 43.5 Å². The zero-order valence-corrected chi connectivity index (χ0v) is 11.5. The Labute approximate surface area is 114 Å². The molecule has 19 heavy (non-hydrogen) atoms. The highest BCUT2D eigenvalue weighted by Crippen LogP contribution is 2.32. The van der Waals surface area contributed by atoms with Crippen molar-refractivity contribution >= 4 is 0 Å². The lowest BCUT2D eigenvalue weighted by Crippen LogP contribution is -2.11. The zero-order valence-electron chi connectivity index (χ0n) is 11.5. The molecule has 102 valence electrons. The lowest BCUT2D eigenvalue weighted by atomic mass is 9.85. The van der Waals surface area contributed by atoms with Crippen LogP contribution in [0.4, 0.5) is 0 Å². The summed E-state index contributed by atoms with van der Waals surface area (Å²) in [5.41, 5.74) is 6.74. The first-order chi connectivity index (χ1) is 9.26. The van der Waals surface area contributed by atoms with Gasteiger partial charge in [-0.1, -0.05) is 50.6 Å². The summed E-state index contributed by atoms with van der Waals surface area (Å²) in [5, 5.41) is 8.28. The van der Waals surface area contributed by atoms with Crippen LogP contribution >= 0.6 is 0 Å². The van der Waals surface area contributed by atoms with Gasteiger partial charge in [0, 0.05) is 13.0 Å². The maximum Gasteiger partial charge on any atom is 0.224 e. The topological polar surface area (TPSA) is 64.9 Å². The Morgan fingerprint density at radius 1 is 1.21 bits per heavy atom. The molecule has 0 saturated carbocycles. The Hall–Kier alpha value is -1.68. The van der Waals surface area contributed by atoms with Crippen LogP contribution in [0.25, 0.3) is 0 Å². The van der Waals surface area contributed by atoms with E-state index in [2.05, 4.69) is 36.2 Å². The summed E-state index contributed by atoms with van der Waals surface area (Å²) in [5.74, 6) is 1.93. The average molecular weight is 259 g/mol. The second-order valence-corrected chi connectivity index (χ2v) is 4.85. The minimum atomic E-state index is 0.158. The number of benzene rings is 1. The monoisotopic (exact) mass is 259 g/mol. The van der Waals surface area contributed by atoms with Crippen LogP contribution < -0.4 is 5.73 Å². The summed E-state index contributed by atoms with van der Waals surface area (Å²) in [7, 11) is 0. The molecule has 0 aliphatic rings. The van der Waals surface area contributed by atoms with Gasteiger partial charge in [0.2, 0.25) is 11.8 Å². The number of nitrogens with zero attached hydrogens (tertiary/aromatic N) is 2. The third kappa shape index (κ3) is 3.20. The lowest BCUT2D eigenvalue weighted by molar-refractivity contribution is 0.376. The molecule has 0 aliphatic heterocycles. The number of hydrogen-bond donors (Lipinski definition) is 1. The van der Waals surface area contributed by atoms with Crippen molar-refractivity contribution < 1.29 is 4.42 Å². The third-order valence-electron chi connectivity index (χ3n) is 3.48. The first kappa shape index (κ1) is 13.7. The molecule has 0 spiro atoms. The van der Waals surface area contributed by atoms with Gasteiger partial charge in [-0.15, -0.1) is 10.2 Å². The van der Waals surface area contributed by atoms with Crippen LogP contribution in [-0.4, -0.2) is 16.7 Å². The highest BCUT2D eigenvalue weighted by Gasteiger charge is 2.25. The van der Waals surface area contributed by atoms with E-state index in [1.165, 1.54) is 5.56 Å². The van der Waals surface area contributed by atoms with E-state index >= 15 is 0 Å². The summed E-state index contributed by atoms with van der Waals surface area (Å²) >= 11 is 0. The SMILES string of the molecule is CCC(C)C(c1ccccc1)c1nnc(CCN)o1. The Bertz CT molecular complexity index is 495. The number of aromatic nitrogens is 2. The van der Waals surface area contributed by atoms with Crippen LogP contribution in [0.15, 0.2) is 34.7 Å². The van der Waals surface area contributed by atoms with E-state index in [-0.39, 0.29) is 5.92 Å². The van der Waals surface area contributed by atoms with Crippen LogP contribution in [0.5, 0.6) is 0 Å². The van der Waals surface area contributed by atoms with Crippen LogP contribution in [0.2, 0.25) is 0 Å². The quantitative estimate of drug-likeness (QED) is 0.866. The van der Waals surface area contributed by atoms with Crippen LogP contribution in [-0.2, 0) is 6.42 Å². The molecule has 1 heterocycles. The van der Waals surface area contributed by atoms with E-state index in [1.807, 2.05) is 18.2 Å². The van der Waals surface area contributed by atoms with E-state index in [0.717, 1.165) is 6.42 Å². The molecule has 0 amide bonds.